The third kappa shape index (κ3) is 4.76. The van der Waals surface area contributed by atoms with Gasteiger partial charge in [0.1, 0.15) is 22.7 Å². The number of halogens is 1. The normalized spacial score (nSPS) is 10.8. The largest absolute Gasteiger partial charge is 0.493 e. The van der Waals surface area contributed by atoms with Crippen LogP contribution in [0.5, 0.6) is 11.6 Å². The van der Waals surface area contributed by atoms with E-state index in [1.807, 2.05) is 5.38 Å². The van der Waals surface area contributed by atoms with Crippen LogP contribution in [0, 0.1) is 5.82 Å². The van der Waals surface area contributed by atoms with Crippen LogP contribution in [0.3, 0.4) is 0 Å². The molecule has 0 radical (unpaired) electrons. The van der Waals surface area contributed by atoms with Crippen molar-refractivity contribution in [3.8, 4) is 22.8 Å². The number of aromatic nitrogens is 2. The average molecular weight is 453 g/mol. The first-order valence-electron chi connectivity index (χ1n) is 9.71. The molecule has 32 heavy (non-hydrogen) atoms. The third-order valence-electron chi connectivity index (χ3n) is 4.62. The van der Waals surface area contributed by atoms with Crippen molar-refractivity contribution in [1.82, 2.24) is 9.97 Å². The molecule has 164 valence electrons. The molecule has 0 atom stereocenters. The van der Waals surface area contributed by atoms with E-state index in [0.29, 0.717) is 37.0 Å². The fourth-order valence-electron chi connectivity index (χ4n) is 3.07. The molecule has 0 aliphatic carbocycles. The van der Waals surface area contributed by atoms with Crippen LogP contribution in [-0.4, -0.2) is 29.2 Å². The van der Waals surface area contributed by atoms with E-state index in [4.69, 9.17) is 21.1 Å². The number of benzene rings is 2. The molecule has 2 heterocycles. The zero-order valence-electron chi connectivity index (χ0n) is 16.9. The molecule has 4 aromatic rings. The Balaban J connectivity index is 1.38. The Labute approximate surface area is 187 Å². The predicted octanol–water partition coefficient (Wildman–Crippen LogP) is 4.10. The molecule has 0 fully saturated rings. The molecule has 0 aliphatic rings. The minimum absolute atomic E-state index is 0.291. The van der Waals surface area contributed by atoms with E-state index in [2.05, 4.69) is 9.97 Å². The van der Waals surface area contributed by atoms with Gasteiger partial charge in [0.25, 0.3) is 0 Å². The van der Waals surface area contributed by atoms with E-state index in [9.17, 15) is 9.18 Å². The van der Waals surface area contributed by atoms with Gasteiger partial charge in [-0.15, -0.1) is 11.3 Å². The van der Waals surface area contributed by atoms with Crippen LogP contribution >= 0.6 is 11.3 Å². The van der Waals surface area contributed by atoms with Gasteiger partial charge in [-0.1, -0.05) is 18.2 Å². The topological polar surface area (TPSA) is 117 Å². The van der Waals surface area contributed by atoms with E-state index < -0.39 is 6.03 Å². The number of hydrogen-bond donors (Lipinski definition) is 2. The van der Waals surface area contributed by atoms with Crippen molar-refractivity contribution in [3.05, 3.63) is 66.1 Å². The Kier molecular flexibility index (Phi) is 6.43. The molecule has 0 aliphatic heterocycles. The second-order valence-corrected chi connectivity index (χ2v) is 7.63. The van der Waals surface area contributed by atoms with Gasteiger partial charge in [-0.2, -0.15) is 0 Å². The second-order valence-electron chi connectivity index (χ2n) is 6.77. The van der Waals surface area contributed by atoms with Crippen LogP contribution in [0.2, 0.25) is 0 Å². The molecule has 4 rings (SSSR count). The van der Waals surface area contributed by atoms with Gasteiger partial charge in [0.05, 0.1) is 24.3 Å². The summed E-state index contributed by atoms with van der Waals surface area (Å²) >= 11 is 1.48. The number of rotatable bonds is 8. The van der Waals surface area contributed by atoms with Crippen LogP contribution in [0.15, 0.2) is 60.2 Å². The van der Waals surface area contributed by atoms with Crippen LogP contribution in [-0.2, 0) is 0 Å². The van der Waals surface area contributed by atoms with Crippen LogP contribution < -0.4 is 26.1 Å². The van der Waals surface area contributed by atoms with Crippen LogP contribution in [0.4, 0.5) is 14.9 Å². The molecule has 4 N–H and O–H groups in total. The Morgan fingerprint density at radius 3 is 2.66 bits per heavy atom. The average Bonchev–Trinajstić information content (AvgIpc) is 3.24. The Morgan fingerprint density at radius 2 is 1.88 bits per heavy atom. The van der Waals surface area contributed by atoms with Crippen molar-refractivity contribution >= 4 is 33.3 Å². The number of amides is 2. The number of hydrogen-bond acceptors (Lipinski definition) is 7. The van der Waals surface area contributed by atoms with E-state index in [0.717, 1.165) is 26.4 Å². The molecule has 0 bridgehead atoms. The summed E-state index contributed by atoms with van der Waals surface area (Å²) in [5.74, 6) is 6.33. The van der Waals surface area contributed by atoms with E-state index in [-0.39, 0.29) is 5.82 Å². The number of ether oxygens (including phenoxy) is 2. The minimum Gasteiger partial charge on any atom is -0.493 e. The lowest BCUT2D eigenvalue weighted by Gasteiger charge is -2.15. The van der Waals surface area contributed by atoms with Crippen molar-refractivity contribution in [3.63, 3.8) is 0 Å². The summed E-state index contributed by atoms with van der Waals surface area (Å²) < 4.78 is 24.9. The number of urea groups is 1. The number of fused-ring (bicyclic) bond motifs is 1. The summed E-state index contributed by atoms with van der Waals surface area (Å²) in [6.45, 7) is 0.752. The summed E-state index contributed by atoms with van der Waals surface area (Å²) in [5, 5.41) is 3.60. The maximum absolute atomic E-state index is 13.3. The Hall–Kier alpha value is -3.76. The van der Waals surface area contributed by atoms with Gasteiger partial charge in [-0.25, -0.2) is 30.0 Å². The highest BCUT2D eigenvalue weighted by Gasteiger charge is 2.14. The number of primary amides is 1. The molecular formula is C22H20FN5O3S. The number of carbonyl (C=O) groups excluding carboxylic acids is 1. The summed E-state index contributed by atoms with van der Waals surface area (Å²) in [7, 11) is 0. The molecule has 0 spiro atoms. The molecule has 10 heteroatoms. The third-order valence-corrected chi connectivity index (χ3v) is 5.51. The zero-order valence-corrected chi connectivity index (χ0v) is 17.7. The van der Waals surface area contributed by atoms with Crippen molar-refractivity contribution in [1.29, 1.82) is 0 Å². The lowest BCUT2D eigenvalue weighted by molar-refractivity contribution is 0.244. The monoisotopic (exact) mass is 453 g/mol. The highest BCUT2D eigenvalue weighted by atomic mass is 32.1. The number of anilines is 1. The molecule has 0 saturated heterocycles. The standard InChI is InChI=1S/C22H20FN5O3S/c23-15-7-5-14(6-8-15)18-12-32-21-19(18)20(26-13-27-21)31-10-2-9-30-17-4-1-3-16(11-17)28(25)22(24)29/h1,3-8,11-13H,2,9-10,25H2,(H2,24,29). The highest BCUT2D eigenvalue weighted by molar-refractivity contribution is 7.17. The molecular weight excluding hydrogens is 433 g/mol. The number of hydrazine groups is 1. The molecule has 2 amide bonds. The Bertz CT molecular complexity index is 1230. The summed E-state index contributed by atoms with van der Waals surface area (Å²) in [6, 6.07) is 12.3. The van der Waals surface area contributed by atoms with Crippen molar-refractivity contribution in [2.45, 2.75) is 6.42 Å². The molecule has 2 aromatic heterocycles. The summed E-state index contributed by atoms with van der Waals surface area (Å²) in [4.78, 5) is 20.6. The molecule has 2 aromatic carbocycles. The summed E-state index contributed by atoms with van der Waals surface area (Å²) in [6.07, 6.45) is 2.05. The van der Waals surface area contributed by atoms with E-state index >= 15 is 0 Å². The smallest absolute Gasteiger partial charge is 0.333 e. The van der Waals surface area contributed by atoms with Gasteiger partial charge in [0, 0.05) is 23.4 Å². The SMILES string of the molecule is NC(=O)N(N)c1cccc(OCCCOc2ncnc3scc(-c4ccc(F)cc4)c23)c1. The van der Waals surface area contributed by atoms with Gasteiger partial charge in [0.15, 0.2) is 0 Å². The molecule has 8 nitrogen and oxygen atoms in total. The molecule has 0 saturated carbocycles. The van der Waals surface area contributed by atoms with Gasteiger partial charge in [0.2, 0.25) is 5.88 Å². The number of nitrogens with zero attached hydrogens (tertiary/aromatic N) is 3. The van der Waals surface area contributed by atoms with Crippen molar-refractivity contribution < 1.29 is 18.7 Å². The van der Waals surface area contributed by atoms with Crippen LogP contribution in [0.1, 0.15) is 6.42 Å². The van der Waals surface area contributed by atoms with Gasteiger partial charge < -0.3 is 15.2 Å². The number of nitrogens with two attached hydrogens (primary N) is 2. The quantitative estimate of drug-likeness (QED) is 0.180. The van der Waals surface area contributed by atoms with E-state index in [1.165, 1.54) is 29.8 Å². The minimum atomic E-state index is -0.764. The maximum atomic E-state index is 13.3. The van der Waals surface area contributed by atoms with Gasteiger partial charge >= 0.3 is 6.03 Å². The van der Waals surface area contributed by atoms with Crippen LogP contribution in [0.25, 0.3) is 21.3 Å². The Morgan fingerprint density at radius 1 is 1.09 bits per heavy atom. The highest BCUT2D eigenvalue weighted by Crippen LogP contribution is 2.37. The zero-order chi connectivity index (χ0) is 22.5. The van der Waals surface area contributed by atoms with Gasteiger partial charge in [-0.05, 0) is 29.8 Å². The van der Waals surface area contributed by atoms with Crippen molar-refractivity contribution in [2.24, 2.45) is 11.6 Å². The first kappa shape index (κ1) is 21.5. The number of thiophene rings is 1. The van der Waals surface area contributed by atoms with Crippen molar-refractivity contribution in [2.75, 3.05) is 18.2 Å². The fraction of sp³-hybridized carbons (Fsp3) is 0.136. The second kappa shape index (κ2) is 9.58. The fourth-order valence-corrected chi connectivity index (χ4v) is 3.97. The number of carbonyl (C=O) groups is 1. The maximum Gasteiger partial charge on any atom is 0.333 e. The predicted molar refractivity (Wildman–Crippen MR) is 121 cm³/mol. The first-order chi connectivity index (χ1) is 15.5. The molecule has 0 unspecified atom stereocenters. The summed E-state index contributed by atoms with van der Waals surface area (Å²) in [5.41, 5.74) is 7.37. The first-order valence-corrected chi connectivity index (χ1v) is 10.6. The van der Waals surface area contributed by atoms with E-state index in [1.54, 1.807) is 36.4 Å². The lowest BCUT2D eigenvalue weighted by atomic mass is 10.1. The lowest BCUT2D eigenvalue weighted by Crippen LogP contribution is -2.41. The van der Waals surface area contributed by atoms with Gasteiger partial charge in [-0.3, -0.25) is 0 Å².